The van der Waals surface area contributed by atoms with Crippen LogP contribution in [0.4, 0.5) is 0 Å². The van der Waals surface area contributed by atoms with E-state index in [1.165, 1.54) is 0 Å². The van der Waals surface area contributed by atoms with Gasteiger partial charge in [0.2, 0.25) is 0 Å². The average molecular weight is 381 g/mol. The molecule has 0 radical (unpaired) electrons. The van der Waals surface area contributed by atoms with E-state index in [1.807, 2.05) is 28.8 Å². The normalized spacial score (nSPS) is 10.8. The first-order chi connectivity index (χ1) is 10.1. The van der Waals surface area contributed by atoms with Crippen LogP contribution in [-0.4, -0.2) is 9.55 Å². The lowest BCUT2D eigenvalue weighted by atomic mass is 10.2. The number of rotatable bonds is 2. The smallest absolute Gasteiger partial charge is 0.129 e. The maximum Gasteiger partial charge on any atom is 0.129 e. The van der Waals surface area contributed by atoms with Gasteiger partial charge in [0.25, 0.3) is 0 Å². The van der Waals surface area contributed by atoms with Crippen LogP contribution in [0.15, 0.2) is 40.9 Å². The number of halogens is 3. The lowest BCUT2D eigenvalue weighted by molar-refractivity contribution is 0.978. The first kappa shape index (κ1) is 14.4. The van der Waals surface area contributed by atoms with Gasteiger partial charge in [0, 0.05) is 9.50 Å². The molecule has 21 heavy (non-hydrogen) atoms. The Morgan fingerprint density at radius 2 is 2.05 bits per heavy atom. The largest absolute Gasteiger partial charge is 0.294 e. The molecular weight excluding hydrogens is 373 g/mol. The van der Waals surface area contributed by atoms with Gasteiger partial charge < -0.3 is 0 Å². The number of benzene rings is 2. The fourth-order valence-corrected chi connectivity index (χ4v) is 2.96. The first-order valence-electron chi connectivity index (χ1n) is 6.07. The number of hydrogen-bond acceptors (Lipinski definition) is 2. The monoisotopic (exact) mass is 379 g/mol. The van der Waals surface area contributed by atoms with E-state index >= 15 is 0 Å². The van der Waals surface area contributed by atoms with E-state index in [-0.39, 0.29) is 5.88 Å². The molecule has 0 bridgehead atoms. The van der Waals surface area contributed by atoms with Crippen molar-refractivity contribution in [3.8, 4) is 11.8 Å². The quantitative estimate of drug-likeness (QED) is 0.583. The summed E-state index contributed by atoms with van der Waals surface area (Å²) < 4.78 is 2.72. The molecule has 0 unspecified atom stereocenters. The Morgan fingerprint density at radius 1 is 1.24 bits per heavy atom. The molecule has 0 N–H and O–H groups in total. The molecule has 0 amide bonds. The van der Waals surface area contributed by atoms with Gasteiger partial charge in [-0.1, -0.05) is 27.5 Å². The maximum atomic E-state index is 9.37. The fourth-order valence-electron chi connectivity index (χ4n) is 2.25. The van der Waals surface area contributed by atoms with Crippen molar-refractivity contribution in [3.05, 3.63) is 57.3 Å². The first-order valence-corrected chi connectivity index (χ1v) is 7.77. The van der Waals surface area contributed by atoms with Gasteiger partial charge in [-0.2, -0.15) is 5.26 Å². The summed E-state index contributed by atoms with van der Waals surface area (Å²) in [7, 11) is 0. The Hall–Kier alpha value is -1.54. The van der Waals surface area contributed by atoms with Crippen molar-refractivity contribution in [2.75, 3.05) is 0 Å². The predicted molar refractivity (Wildman–Crippen MR) is 88.1 cm³/mol. The van der Waals surface area contributed by atoms with E-state index in [4.69, 9.17) is 23.2 Å². The molecule has 0 fully saturated rings. The van der Waals surface area contributed by atoms with Gasteiger partial charge >= 0.3 is 0 Å². The standard InChI is InChI=1S/C15H8BrCl2N3/c16-10-1-4-13(9(5-10)8-19)21-14-6-11(18)2-3-12(14)20-15(21)7-17/h1-6H,7H2. The number of hydrogen-bond donors (Lipinski definition) is 0. The van der Waals surface area contributed by atoms with Crippen molar-refractivity contribution in [2.24, 2.45) is 0 Å². The minimum absolute atomic E-state index is 0.243. The van der Waals surface area contributed by atoms with Crippen molar-refractivity contribution < 1.29 is 0 Å². The number of aromatic nitrogens is 2. The lowest BCUT2D eigenvalue weighted by Crippen LogP contribution is -2.02. The van der Waals surface area contributed by atoms with E-state index < -0.39 is 0 Å². The molecule has 3 rings (SSSR count). The van der Waals surface area contributed by atoms with Crippen LogP contribution in [0.25, 0.3) is 16.7 Å². The van der Waals surface area contributed by atoms with Crippen LogP contribution in [0, 0.1) is 11.3 Å². The average Bonchev–Trinajstić information content (AvgIpc) is 2.84. The highest BCUT2D eigenvalue weighted by Crippen LogP contribution is 2.28. The number of nitrogens with zero attached hydrogens (tertiary/aromatic N) is 3. The Morgan fingerprint density at radius 3 is 2.76 bits per heavy atom. The van der Waals surface area contributed by atoms with Crippen LogP contribution in [-0.2, 0) is 5.88 Å². The predicted octanol–water partition coefficient (Wildman–Crippen LogP) is 5.05. The molecule has 0 saturated heterocycles. The van der Waals surface area contributed by atoms with Crippen LogP contribution in [0.5, 0.6) is 0 Å². The molecule has 0 saturated carbocycles. The third kappa shape index (κ3) is 2.53. The zero-order valence-corrected chi connectivity index (χ0v) is 13.7. The van der Waals surface area contributed by atoms with Crippen LogP contribution in [0.1, 0.15) is 11.4 Å². The number of fused-ring (bicyclic) bond motifs is 1. The summed E-state index contributed by atoms with van der Waals surface area (Å²) in [6, 6.07) is 13.2. The number of nitriles is 1. The second-order valence-electron chi connectivity index (χ2n) is 4.40. The number of alkyl halides is 1. The highest BCUT2D eigenvalue weighted by molar-refractivity contribution is 9.10. The van der Waals surface area contributed by atoms with Crippen LogP contribution in [0.2, 0.25) is 5.02 Å². The zero-order valence-electron chi connectivity index (χ0n) is 10.6. The molecule has 104 valence electrons. The minimum atomic E-state index is 0.243. The summed E-state index contributed by atoms with van der Waals surface area (Å²) in [4.78, 5) is 4.50. The Kier molecular flexibility index (Phi) is 3.90. The summed E-state index contributed by atoms with van der Waals surface area (Å²) in [5, 5.41) is 9.98. The molecule has 1 heterocycles. The molecule has 3 nitrogen and oxygen atoms in total. The van der Waals surface area contributed by atoms with Gasteiger partial charge in [-0.15, -0.1) is 11.6 Å². The van der Waals surface area contributed by atoms with Crippen molar-refractivity contribution in [1.29, 1.82) is 5.26 Å². The minimum Gasteiger partial charge on any atom is -0.294 e. The summed E-state index contributed by atoms with van der Waals surface area (Å²) in [6.45, 7) is 0. The molecule has 0 spiro atoms. The van der Waals surface area contributed by atoms with Crippen LogP contribution in [0.3, 0.4) is 0 Å². The maximum absolute atomic E-state index is 9.37. The van der Waals surface area contributed by atoms with Crippen molar-refractivity contribution >= 4 is 50.2 Å². The molecule has 6 heteroatoms. The summed E-state index contributed by atoms with van der Waals surface area (Å²) >= 11 is 15.5. The van der Waals surface area contributed by atoms with E-state index in [1.54, 1.807) is 12.1 Å². The van der Waals surface area contributed by atoms with Gasteiger partial charge in [0.05, 0.1) is 28.2 Å². The molecule has 0 aliphatic heterocycles. The number of imidazole rings is 1. The third-order valence-corrected chi connectivity index (χ3v) is 4.09. The van der Waals surface area contributed by atoms with Crippen molar-refractivity contribution in [2.45, 2.75) is 5.88 Å². The zero-order chi connectivity index (χ0) is 15.0. The van der Waals surface area contributed by atoms with Crippen molar-refractivity contribution in [3.63, 3.8) is 0 Å². The highest BCUT2D eigenvalue weighted by Gasteiger charge is 2.15. The Labute approximate surface area is 139 Å². The Balaban J connectivity index is 2.39. The van der Waals surface area contributed by atoms with Gasteiger partial charge in [0.1, 0.15) is 11.9 Å². The van der Waals surface area contributed by atoms with E-state index in [0.717, 1.165) is 21.2 Å². The van der Waals surface area contributed by atoms with Crippen molar-refractivity contribution in [1.82, 2.24) is 9.55 Å². The second kappa shape index (κ2) is 5.69. The van der Waals surface area contributed by atoms with E-state index in [0.29, 0.717) is 16.4 Å². The van der Waals surface area contributed by atoms with Crippen LogP contribution >= 0.6 is 39.1 Å². The topological polar surface area (TPSA) is 41.6 Å². The second-order valence-corrected chi connectivity index (χ2v) is 6.02. The third-order valence-electron chi connectivity index (χ3n) is 3.13. The molecule has 0 aliphatic carbocycles. The van der Waals surface area contributed by atoms with Crippen LogP contribution < -0.4 is 0 Å². The molecule has 1 aromatic heterocycles. The lowest BCUT2D eigenvalue weighted by Gasteiger charge is -2.10. The molecule has 0 aliphatic rings. The van der Waals surface area contributed by atoms with E-state index in [9.17, 15) is 5.26 Å². The summed E-state index contributed by atoms with van der Waals surface area (Å²) in [5.41, 5.74) is 2.90. The van der Waals surface area contributed by atoms with E-state index in [2.05, 4.69) is 27.0 Å². The summed E-state index contributed by atoms with van der Waals surface area (Å²) in [6.07, 6.45) is 0. The fraction of sp³-hybridized carbons (Fsp3) is 0.0667. The molecular formula is C15H8BrCl2N3. The molecule has 3 aromatic rings. The summed E-state index contributed by atoms with van der Waals surface area (Å²) in [5.74, 6) is 0.917. The van der Waals surface area contributed by atoms with Gasteiger partial charge in [0.15, 0.2) is 0 Å². The van der Waals surface area contributed by atoms with Gasteiger partial charge in [-0.05, 0) is 36.4 Å². The molecule has 2 aromatic carbocycles. The Bertz CT molecular complexity index is 880. The van der Waals surface area contributed by atoms with Gasteiger partial charge in [-0.3, -0.25) is 4.57 Å². The SMILES string of the molecule is N#Cc1cc(Br)ccc1-n1c(CCl)nc2ccc(Cl)cc21. The highest BCUT2D eigenvalue weighted by atomic mass is 79.9. The molecule has 0 atom stereocenters. The van der Waals surface area contributed by atoms with Gasteiger partial charge in [-0.25, -0.2) is 4.98 Å².